The Bertz CT molecular complexity index is 444. The summed E-state index contributed by atoms with van der Waals surface area (Å²) < 4.78 is 13.5. The largest absolute Gasteiger partial charge is 0.399 e. The van der Waals surface area contributed by atoms with Crippen molar-refractivity contribution >= 4 is 17.3 Å². The number of carbonyl (C=O) groups is 1. The molecular weight excluding hydrogens is 233 g/mol. The number of hydrogen-bond acceptors (Lipinski definition) is 3. The van der Waals surface area contributed by atoms with Gasteiger partial charge in [0.05, 0.1) is 11.7 Å². The summed E-state index contributed by atoms with van der Waals surface area (Å²) in [5.74, 6) is -0.660. The zero-order chi connectivity index (χ0) is 13.1. The second kappa shape index (κ2) is 5.35. The molecular formula is C13H18FN3O. The van der Waals surface area contributed by atoms with E-state index in [0.29, 0.717) is 5.69 Å². The summed E-state index contributed by atoms with van der Waals surface area (Å²) in [6.07, 6.45) is 2.23. The molecule has 3 N–H and O–H groups in total. The fraction of sp³-hybridized carbons (Fsp3) is 0.462. The fourth-order valence-corrected chi connectivity index (χ4v) is 2.17. The van der Waals surface area contributed by atoms with Gasteiger partial charge in [0.1, 0.15) is 5.82 Å². The minimum absolute atomic E-state index is 0.144. The van der Waals surface area contributed by atoms with E-state index in [1.54, 1.807) is 0 Å². The Hall–Kier alpha value is -1.62. The summed E-state index contributed by atoms with van der Waals surface area (Å²) in [5.41, 5.74) is 6.15. The molecule has 1 saturated heterocycles. The van der Waals surface area contributed by atoms with Crippen LogP contribution in [0.2, 0.25) is 0 Å². The monoisotopic (exact) mass is 251 g/mol. The number of rotatable bonds is 3. The van der Waals surface area contributed by atoms with E-state index in [2.05, 4.69) is 10.2 Å². The Morgan fingerprint density at radius 2 is 2.11 bits per heavy atom. The molecule has 1 amide bonds. The third kappa shape index (κ3) is 2.79. The van der Waals surface area contributed by atoms with E-state index in [1.165, 1.54) is 18.2 Å². The zero-order valence-corrected chi connectivity index (χ0v) is 10.4. The number of nitrogen functional groups attached to an aromatic ring is 1. The van der Waals surface area contributed by atoms with E-state index in [4.69, 9.17) is 5.73 Å². The maximum Gasteiger partial charge on any atom is 0.241 e. The molecule has 0 spiro atoms. The molecule has 0 saturated carbocycles. The Morgan fingerprint density at radius 3 is 2.78 bits per heavy atom. The van der Waals surface area contributed by atoms with Crippen LogP contribution in [0.3, 0.4) is 0 Å². The van der Waals surface area contributed by atoms with Gasteiger partial charge in [0.15, 0.2) is 0 Å². The van der Waals surface area contributed by atoms with Crippen LogP contribution in [0.5, 0.6) is 0 Å². The number of carbonyl (C=O) groups excluding carboxylic acids is 1. The van der Waals surface area contributed by atoms with Crippen molar-refractivity contribution in [1.82, 2.24) is 4.90 Å². The van der Waals surface area contributed by atoms with E-state index in [-0.39, 0.29) is 17.6 Å². The lowest BCUT2D eigenvalue weighted by Crippen LogP contribution is -2.40. The maximum absolute atomic E-state index is 13.5. The van der Waals surface area contributed by atoms with Gasteiger partial charge in [-0.3, -0.25) is 9.69 Å². The third-order valence-electron chi connectivity index (χ3n) is 3.32. The van der Waals surface area contributed by atoms with Crippen LogP contribution >= 0.6 is 0 Å². The molecule has 5 heteroatoms. The van der Waals surface area contributed by atoms with Gasteiger partial charge < -0.3 is 11.1 Å². The van der Waals surface area contributed by atoms with Crippen LogP contribution in [0, 0.1) is 5.82 Å². The zero-order valence-electron chi connectivity index (χ0n) is 10.4. The summed E-state index contributed by atoms with van der Waals surface area (Å²) >= 11 is 0. The van der Waals surface area contributed by atoms with Crippen molar-refractivity contribution in [1.29, 1.82) is 0 Å². The highest BCUT2D eigenvalue weighted by atomic mass is 19.1. The first kappa shape index (κ1) is 12.8. The standard InChI is InChI=1S/C13H18FN3O/c1-9(17-6-2-3-7-17)13(18)16-12-8-10(15)4-5-11(12)14/h4-5,8-9H,2-3,6-7,15H2,1H3,(H,16,18). The highest BCUT2D eigenvalue weighted by Crippen LogP contribution is 2.19. The second-order valence-corrected chi connectivity index (χ2v) is 4.65. The Labute approximate surface area is 106 Å². The highest BCUT2D eigenvalue weighted by molar-refractivity contribution is 5.95. The van der Waals surface area contributed by atoms with Gasteiger partial charge in [0.2, 0.25) is 5.91 Å². The van der Waals surface area contributed by atoms with Crippen LogP contribution in [0.15, 0.2) is 18.2 Å². The smallest absolute Gasteiger partial charge is 0.241 e. The van der Waals surface area contributed by atoms with Crippen LogP contribution in [-0.4, -0.2) is 29.9 Å². The quantitative estimate of drug-likeness (QED) is 0.806. The first-order valence-electron chi connectivity index (χ1n) is 6.18. The number of nitrogens with one attached hydrogen (secondary N) is 1. The molecule has 0 radical (unpaired) electrons. The number of anilines is 2. The average Bonchev–Trinajstić information content (AvgIpc) is 2.86. The van der Waals surface area contributed by atoms with Crippen molar-refractivity contribution in [2.45, 2.75) is 25.8 Å². The van der Waals surface area contributed by atoms with Gasteiger partial charge in [0.25, 0.3) is 0 Å². The molecule has 0 aliphatic carbocycles. The second-order valence-electron chi connectivity index (χ2n) is 4.65. The van der Waals surface area contributed by atoms with Gasteiger partial charge in [-0.05, 0) is 51.1 Å². The Kier molecular flexibility index (Phi) is 3.81. The van der Waals surface area contributed by atoms with Crippen LogP contribution in [0.4, 0.5) is 15.8 Å². The molecule has 18 heavy (non-hydrogen) atoms. The Balaban J connectivity index is 2.03. The lowest BCUT2D eigenvalue weighted by atomic mass is 10.2. The lowest BCUT2D eigenvalue weighted by molar-refractivity contribution is -0.120. The summed E-state index contributed by atoms with van der Waals surface area (Å²) in [6, 6.07) is 3.91. The van der Waals surface area contributed by atoms with Crippen molar-refractivity contribution in [3.63, 3.8) is 0 Å². The molecule has 1 atom stereocenters. The minimum atomic E-state index is -0.467. The SMILES string of the molecule is CC(C(=O)Nc1cc(N)ccc1F)N1CCCC1. The topological polar surface area (TPSA) is 58.4 Å². The molecule has 1 aromatic carbocycles. The summed E-state index contributed by atoms with van der Waals surface area (Å²) in [4.78, 5) is 14.1. The molecule has 4 nitrogen and oxygen atoms in total. The van der Waals surface area contributed by atoms with Crippen molar-refractivity contribution in [3.05, 3.63) is 24.0 Å². The van der Waals surface area contributed by atoms with E-state index in [9.17, 15) is 9.18 Å². The summed E-state index contributed by atoms with van der Waals surface area (Å²) in [6.45, 7) is 3.69. The van der Waals surface area contributed by atoms with E-state index >= 15 is 0 Å². The average molecular weight is 251 g/mol. The molecule has 1 fully saturated rings. The van der Waals surface area contributed by atoms with Crippen molar-refractivity contribution in [2.24, 2.45) is 0 Å². The number of likely N-dealkylation sites (tertiary alicyclic amines) is 1. The predicted octanol–water partition coefficient (Wildman–Crippen LogP) is 1.83. The molecule has 98 valence electrons. The number of nitrogens with zero attached hydrogens (tertiary/aromatic N) is 1. The van der Waals surface area contributed by atoms with Gasteiger partial charge in [-0.25, -0.2) is 4.39 Å². The lowest BCUT2D eigenvalue weighted by Gasteiger charge is -2.22. The minimum Gasteiger partial charge on any atom is -0.399 e. The van der Waals surface area contributed by atoms with E-state index < -0.39 is 5.82 Å². The van der Waals surface area contributed by atoms with Gasteiger partial charge in [-0.15, -0.1) is 0 Å². The van der Waals surface area contributed by atoms with E-state index in [0.717, 1.165) is 25.9 Å². The van der Waals surface area contributed by atoms with Gasteiger partial charge in [0, 0.05) is 5.69 Å². The summed E-state index contributed by atoms with van der Waals surface area (Å²) in [5, 5.41) is 2.59. The molecule has 1 heterocycles. The molecule has 1 unspecified atom stereocenters. The van der Waals surface area contributed by atoms with Gasteiger partial charge in [-0.2, -0.15) is 0 Å². The van der Waals surface area contributed by atoms with Crippen LogP contribution in [-0.2, 0) is 4.79 Å². The van der Waals surface area contributed by atoms with Crippen LogP contribution in [0.25, 0.3) is 0 Å². The van der Waals surface area contributed by atoms with E-state index in [1.807, 2.05) is 6.92 Å². The molecule has 2 rings (SSSR count). The normalized spacial score (nSPS) is 17.7. The number of halogens is 1. The molecule has 0 bridgehead atoms. The van der Waals surface area contributed by atoms with Crippen LogP contribution in [0.1, 0.15) is 19.8 Å². The predicted molar refractivity (Wildman–Crippen MR) is 69.7 cm³/mol. The summed E-state index contributed by atoms with van der Waals surface area (Å²) in [7, 11) is 0. The molecule has 1 aliphatic rings. The maximum atomic E-state index is 13.5. The molecule has 1 aliphatic heterocycles. The number of benzene rings is 1. The van der Waals surface area contributed by atoms with Crippen molar-refractivity contribution in [3.8, 4) is 0 Å². The Morgan fingerprint density at radius 1 is 1.44 bits per heavy atom. The fourth-order valence-electron chi connectivity index (χ4n) is 2.17. The molecule has 0 aromatic heterocycles. The molecule has 1 aromatic rings. The third-order valence-corrected chi connectivity index (χ3v) is 3.32. The number of hydrogen-bond donors (Lipinski definition) is 2. The van der Waals surface area contributed by atoms with Crippen molar-refractivity contribution < 1.29 is 9.18 Å². The first-order valence-corrected chi connectivity index (χ1v) is 6.18. The van der Waals surface area contributed by atoms with Crippen LogP contribution < -0.4 is 11.1 Å². The highest BCUT2D eigenvalue weighted by Gasteiger charge is 2.24. The van der Waals surface area contributed by atoms with Gasteiger partial charge >= 0.3 is 0 Å². The number of amides is 1. The number of nitrogens with two attached hydrogens (primary N) is 1. The van der Waals surface area contributed by atoms with Gasteiger partial charge in [-0.1, -0.05) is 0 Å². The van der Waals surface area contributed by atoms with Crippen molar-refractivity contribution in [2.75, 3.05) is 24.1 Å². The first-order chi connectivity index (χ1) is 8.58.